The fraction of sp³-hybridized carbons (Fsp3) is 0.300. The first-order valence-electron chi connectivity index (χ1n) is 8.62. The zero-order valence-electron chi connectivity index (χ0n) is 15.8. The highest BCUT2D eigenvalue weighted by atomic mass is 35.5. The van der Waals surface area contributed by atoms with Gasteiger partial charge in [-0.2, -0.15) is 5.26 Å². The second kappa shape index (κ2) is 10.1. The van der Waals surface area contributed by atoms with Crippen LogP contribution in [0.25, 0.3) is 0 Å². The molecule has 0 saturated heterocycles. The van der Waals surface area contributed by atoms with Crippen LogP contribution >= 0.6 is 23.4 Å². The number of amides is 1. The van der Waals surface area contributed by atoms with Gasteiger partial charge < -0.3 is 10.1 Å². The number of esters is 1. The van der Waals surface area contributed by atoms with Gasteiger partial charge in [0.25, 0.3) is 0 Å². The van der Waals surface area contributed by atoms with E-state index in [-0.39, 0.29) is 35.4 Å². The standard InChI is InChI=1S/C20H20ClN3O3S/c1-4-27-20(26)16-9-14(10-22)19(24-13(16)3)28-11-18(25)23-12(2)15-7-5-6-8-17(15)21/h5-9,12H,4,11H2,1-3H3,(H,23,25)/t12-/m1/s1. The summed E-state index contributed by atoms with van der Waals surface area (Å²) < 4.78 is 4.97. The van der Waals surface area contributed by atoms with Crippen molar-refractivity contribution in [2.24, 2.45) is 0 Å². The van der Waals surface area contributed by atoms with Crippen molar-refractivity contribution in [3.8, 4) is 6.07 Å². The molecule has 1 aromatic carbocycles. The lowest BCUT2D eigenvalue weighted by Gasteiger charge is -2.15. The van der Waals surface area contributed by atoms with Gasteiger partial charge >= 0.3 is 5.97 Å². The number of nitrogens with one attached hydrogen (secondary N) is 1. The predicted molar refractivity (Wildman–Crippen MR) is 108 cm³/mol. The largest absolute Gasteiger partial charge is 0.462 e. The van der Waals surface area contributed by atoms with E-state index >= 15 is 0 Å². The number of nitrogens with zero attached hydrogens (tertiary/aromatic N) is 2. The zero-order chi connectivity index (χ0) is 20.7. The molecule has 0 spiro atoms. The van der Waals surface area contributed by atoms with E-state index in [0.717, 1.165) is 17.3 Å². The molecule has 1 N–H and O–H groups in total. The molecule has 1 atom stereocenters. The third-order valence-electron chi connectivity index (χ3n) is 3.88. The molecule has 0 aliphatic carbocycles. The summed E-state index contributed by atoms with van der Waals surface area (Å²) in [7, 11) is 0. The van der Waals surface area contributed by atoms with Gasteiger partial charge in [0, 0.05) is 5.02 Å². The molecule has 146 valence electrons. The van der Waals surface area contributed by atoms with Crippen LogP contribution in [0.15, 0.2) is 35.4 Å². The van der Waals surface area contributed by atoms with Gasteiger partial charge in [-0.15, -0.1) is 0 Å². The molecule has 0 aliphatic heterocycles. The van der Waals surface area contributed by atoms with Crippen molar-refractivity contribution in [1.82, 2.24) is 10.3 Å². The second-order valence-electron chi connectivity index (χ2n) is 5.91. The molecule has 0 saturated carbocycles. The highest BCUT2D eigenvalue weighted by molar-refractivity contribution is 8.00. The molecule has 0 aliphatic rings. The summed E-state index contributed by atoms with van der Waals surface area (Å²) in [5.74, 6) is -0.656. The molecule has 0 unspecified atom stereocenters. The van der Waals surface area contributed by atoms with Crippen molar-refractivity contribution in [2.45, 2.75) is 31.8 Å². The average Bonchev–Trinajstić information content (AvgIpc) is 2.66. The number of aromatic nitrogens is 1. The van der Waals surface area contributed by atoms with Crippen molar-refractivity contribution >= 4 is 35.2 Å². The quantitative estimate of drug-likeness (QED) is 0.539. The number of nitriles is 1. The Hall–Kier alpha value is -2.56. The van der Waals surface area contributed by atoms with Crippen molar-refractivity contribution in [1.29, 1.82) is 5.26 Å². The van der Waals surface area contributed by atoms with Gasteiger partial charge in [0.2, 0.25) is 5.91 Å². The van der Waals surface area contributed by atoms with Crippen molar-refractivity contribution in [3.05, 3.63) is 57.7 Å². The van der Waals surface area contributed by atoms with Gasteiger partial charge in [0.1, 0.15) is 11.1 Å². The van der Waals surface area contributed by atoms with Crippen LogP contribution in [0.5, 0.6) is 0 Å². The molecule has 1 amide bonds. The predicted octanol–water partition coefficient (Wildman–Crippen LogP) is 4.06. The maximum Gasteiger partial charge on any atom is 0.340 e. The summed E-state index contributed by atoms with van der Waals surface area (Å²) in [5, 5.41) is 13.2. The van der Waals surface area contributed by atoms with Gasteiger partial charge in [0.15, 0.2) is 0 Å². The average molecular weight is 418 g/mol. The Balaban J connectivity index is 2.06. The summed E-state index contributed by atoms with van der Waals surface area (Å²) >= 11 is 7.29. The number of carbonyl (C=O) groups excluding carboxylic acids is 2. The lowest BCUT2D eigenvalue weighted by Crippen LogP contribution is -2.28. The van der Waals surface area contributed by atoms with E-state index in [0.29, 0.717) is 15.7 Å². The molecule has 2 aromatic rings. The maximum atomic E-state index is 12.3. The fourth-order valence-electron chi connectivity index (χ4n) is 2.51. The molecule has 28 heavy (non-hydrogen) atoms. The summed E-state index contributed by atoms with van der Waals surface area (Å²) in [4.78, 5) is 28.5. The van der Waals surface area contributed by atoms with Gasteiger partial charge in [0.05, 0.1) is 35.2 Å². The minimum Gasteiger partial charge on any atom is -0.462 e. The highest BCUT2D eigenvalue weighted by Gasteiger charge is 2.18. The van der Waals surface area contributed by atoms with Crippen LogP contribution in [0.2, 0.25) is 5.02 Å². The molecule has 0 fully saturated rings. The monoisotopic (exact) mass is 417 g/mol. The van der Waals surface area contributed by atoms with Gasteiger partial charge in [-0.1, -0.05) is 41.6 Å². The Morgan fingerprint density at radius 1 is 1.39 bits per heavy atom. The van der Waals surface area contributed by atoms with E-state index in [2.05, 4.69) is 10.3 Å². The van der Waals surface area contributed by atoms with Crippen molar-refractivity contribution < 1.29 is 14.3 Å². The lowest BCUT2D eigenvalue weighted by molar-refractivity contribution is -0.119. The Labute approximate surface area is 173 Å². The molecular formula is C20H20ClN3O3S. The van der Waals surface area contributed by atoms with Crippen LogP contribution in [0, 0.1) is 18.3 Å². The number of carbonyl (C=O) groups is 2. The number of halogens is 1. The highest BCUT2D eigenvalue weighted by Crippen LogP contribution is 2.25. The Morgan fingerprint density at radius 3 is 2.75 bits per heavy atom. The number of aryl methyl sites for hydroxylation is 1. The van der Waals surface area contributed by atoms with E-state index in [4.69, 9.17) is 16.3 Å². The molecule has 1 heterocycles. The summed E-state index contributed by atoms with van der Waals surface area (Å²) in [5.41, 5.74) is 1.75. The van der Waals surface area contributed by atoms with Crippen LogP contribution in [0.4, 0.5) is 0 Å². The van der Waals surface area contributed by atoms with E-state index in [1.54, 1.807) is 19.9 Å². The minimum atomic E-state index is -0.521. The topological polar surface area (TPSA) is 92.1 Å². The van der Waals surface area contributed by atoms with Crippen molar-refractivity contribution in [3.63, 3.8) is 0 Å². The number of pyridine rings is 1. The van der Waals surface area contributed by atoms with Crippen LogP contribution < -0.4 is 5.32 Å². The van der Waals surface area contributed by atoms with Gasteiger partial charge in [-0.05, 0) is 38.5 Å². The van der Waals surface area contributed by atoms with Crippen molar-refractivity contribution in [2.75, 3.05) is 12.4 Å². The zero-order valence-corrected chi connectivity index (χ0v) is 17.4. The lowest BCUT2D eigenvalue weighted by atomic mass is 10.1. The van der Waals surface area contributed by atoms with E-state index in [1.165, 1.54) is 6.07 Å². The van der Waals surface area contributed by atoms with E-state index in [9.17, 15) is 14.9 Å². The molecule has 0 radical (unpaired) electrons. The summed E-state index contributed by atoms with van der Waals surface area (Å²) in [6.45, 7) is 5.46. The van der Waals surface area contributed by atoms with Gasteiger partial charge in [-0.25, -0.2) is 9.78 Å². The third kappa shape index (κ3) is 5.47. The Bertz CT molecular complexity index is 927. The summed E-state index contributed by atoms with van der Waals surface area (Å²) in [6, 6.07) is 10.5. The number of rotatable bonds is 7. The van der Waals surface area contributed by atoms with Gasteiger partial charge in [-0.3, -0.25) is 4.79 Å². The smallest absolute Gasteiger partial charge is 0.340 e. The normalized spacial score (nSPS) is 11.4. The molecular weight excluding hydrogens is 398 g/mol. The number of benzene rings is 1. The molecule has 0 bridgehead atoms. The number of thioether (sulfide) groups is 1. The first-order chi connectivity index (χ1) is 13.4. The first kappa shape index (κ1) is 21.7. The molecule has 1 aromatic heterocycles. The van der Waals surface area contributed by atoms with Crippen LogP contribution in [0.3, 0.4) is 0 Å². The number of ether oxygens (including phenoxy) is 1. The molecule has 6 nitrogen and oxygen atoms in total. The summed E-state index contributed by atoms with van der Waals surface area (Å²) in [6.07, 6.45) is 0. The minimum absolute atomic E-state index is 0.0780. The van der Waals surface area contributed by atoms with E-state index in [1.807, 2.05) is 31.2 Å². The molecule has 2 rings (SSSR count). The Kier molecular flexibility index (Phi) is 7.85. The van der Waals surface area contributed by atoms with E-state index < -0.39 is 5.97 Å². The Morgan fingerprint density at radius 2 is 2.11 bits per heavy atom. The van der Waals surface area contributed by atoms with Crippen LogP contribution in [-0.4, -0.2) is 29.2 Å². The molecule has 8 heteroatoms. The second-order valence-corrected chi connectivity index (χ2v) is 7.28. The maximum absolute atomic E-state index is 12.3. The van der Waals surface area contributed by atoms with Crippen LogP contribution in [0.1, 0.15) is 47.1 Å². The fourth-order valence-corrected chi connectivity index (χ4v) is 3.62. The van der Waals surface area contributed by atoms with Crippen LogP contribution in [-0.2, 0) is 9.53 Å². The third-order valence-corrected chi connectivity index (χ3v) is 5.22. The first-order valence-corrected chi connectivity index (χ1v) is 9.99. The number of hydrogen-bond donors (Lipinski definition) is 1. The SMILES string of the molecule is CCOC(=O)c1cc(C#N)c(SCC(=O)N[C@H](C)c2ccccc2Cl)nc1C. The number of hydrogen-bond acceptors (Lipinski definition) is 6.